The van der Waals surface area contributed by atoms with E-state index in [0.717, 1.165) is 6.54 Å². The lowest BCUT2D eigenvalue weighted by Gasteiger charge is -2.06. The van der Waals surface area contributed by atoms with Gasteiger partial charge in [-0.25, -0.2) is 0 Å². The summed E-state index contributed by atoms with van der Waals surface area (Å²) in [5.41, 5.74) is 3.88. The predicted octanol–water partition coefficient (Wildman–Crippen LogP) is 3.29. The van der Waals surface area contributed by atoms with E-state index < -0.39 is 0 Å². The third-order valence-electron chi connectivity index (χ3n) is 2.17. The van der Waals surface area contributed by atoms with E-state index in [0.29, 0.717) is 0 Å². The van der Waals surface area contributed by atoms with Crippen LogP contribution in [0.25, 0.3) is 0 Å². The zero-order chi connectivity index (χ0) is 9.68. The Labute approximate surface area is 80.5 Å². The maximum atomic E-state index is 3.33. The first kappa shape index (κ1) is 9.85. The second kappa shape index (κ2) is 4.70. The first-order valence-electron chi connectivity index (χ1n) is 4.66. The molecule has 1 heteroatoms. The number of hydrogen-bond donors (Lipinski definition) is 1. The van der Waals surface area contributed by atoms with E-state index in [1.165, 1.54) is 16.8 Å². The largest absolute Gasteiger partial charge is 0.382 e. The maximum Gasteiger partial charge on any atom is 0.0345 e. The van der Waals surface area contributed by atoms with Crippen LogP contribution in [0.1, 0.15) is 18.1 Å². The third-order valence-corrected chi connectivity index (χ3v) is 2.17. The Morgan fingerprint density at radius 1 is 1.23 bits per heavy atom. The predicted molar refractivity (Wildman–Crippen MR) is 59.2 cm³/mol. The van der Waals surface area contributed by atoms with Crippen LogP contribution < -0.4 is 5.32 Å². The Balaban J connectivity index is 2.63. The second-order valence-electron chi connectivity index (χ2n) is 3.25. The van der Waals surface area contributed by atoms with Crippen LogP contribution in [0, 0.1) is 13.8 Å². The van der Waals surface area contributed by atoms with Crippen molar-refractivity contribution in [3.63, 3.8) is 0 Å². The molecule has 0 radical (unpaired) electrons. The molecule has 0 heterocycles. The Morgan fingerprint density at radius 3 is 2.62 bits per heavy atom. The van der Waals surface area contributed by atoms with E-state index in [4.69, 9.17) is 0 Å². The molecule has 1 rings (SSSR count). The molecular weight excluding hydrogens is 158 g/mol. The monoisotopic (exact) mass is 175 g/mol. The minimum Gasteiger partial charge on any atom is -0.382 e. The molecule has 0 saturated heterocycles. The highest BCUT2D eigenvalue weighted by molar-refractivity contribution is 5.48. The molecule has 0 aliphatic heterocycles. The molecule has 0 aliphatic carbocycles. The van der Waals surface area contributed by atoms with Crippen molar-refractivity contribution in [1.29, 1.82) is 0 Å². The lowest BCUT2D eigenvalue weighted by molar-refractivity contribution is 1.28. The summed E-state index contributed by atoms with van der Waals surface area (Å²) in [4.78, 5) is 0. The number of benzene rings is 1. The molecular formula is C12H17N. The molecule has 1 aromatic rings. The van der Waals surface area contributed by atoms with Gasteiger partial charge < -0.3 is 5.32 Å². The van der Waals surface area contributed by atoms with Gasteiger partial charge in [0.15, 0.2) is 0 Å². The van der Waals surface area contributed by atoms with Gasteiger partial charge in [0.1, 0.15) is 0 Å². The van der Waals surface area contributed by atoms with Crippen molar-refractivity contribution < 1.29 is 0 Å². The van der Waals surface area contributed by atoms with E-state index in [9.17, 15) is 0 Å². The highest BCUT2D eigenvalue weighted by Gasteiger charge is 1.93. The topological polar surface area (TPSA) is 12.0 Å². The number of hydrogen-bond acceptors (Lipinski definition) is 1. The zero-order valence-electron chi connectivity index (χ0n) is 8.59. The minimum absolute atomic E-state index is 0.902. The van der Waals surface area contributed by atoms with Gasteiger partial charge in [-0.1, -0.05) is 18.2 Å². The first-order valence-corrected chi connectivity index (χ1v) is 4.66. The molecule has 13 heavy (non-hydrogen) atoms. The summed E-state index contributed by atoms with van der Waals surface area (Å²) in [5, 5.41) is 3.33. The Hall–Kier alpha value is -1.24. The van der Waals surface area contributed by atoms with Gasteiger partial charge >= 0.3 is 0 Å². The number of anilines is 1. The summed E-state index contributed by atoms with van der Waals surface area (Å²) in [5.74, 6) is 0. The summed E-state index contributed by atoms with van der Waals surface area (Å²) in [6.45, 7) is 7.20. The van der Waals surface area contributed by atoms with E-state index >= 15 is 0 Å². The van der Waals surface area contributed by atoms with E-state index in [2.05, 4.69) is 43.4 Å². The van der Waals surface area contributed by atoms with Crippen LogP contribution in [0.5, 0.6) is 0 Å². The van der Waals surface area contributed by atoms with Crippen LogP contribution in [-0.2, 0) is 0 Å². The van der Waals surface area contributed by atoms with Crippen LogP contribution in [-0.4, -0.2) is 6.54 Å². The van der Waals surface area contributed by atoms with Crippen molar-refractivity contribution in [2.24, 2.45) is 0 Å². The molecule has 1 nitrogen and oxygen atoms in total. The number of aryl methyl sites for hydroxylation is 2. The normalized spacial score (nSPS) is 10.7. The van der Waals surface area contributed by atoms with Crippen LogP contribution in [0.4, 0.5) is 5.69 Å². The van der Waals surface area contributed by atoms with Gasteiger partial charge in [0.05, 0.1) is 0 Å². The van der Waals surface area contributed by atoms with Gasteiger partial charge in [-0.3, -0.25) is 0 Å². The molecule has 1 aromatic carbocycles. The fourth-order valence-electron chi connectivity index (χ4n) is 1.15. The molecule has 70 valence electrons. The fourth-order valence-corrected chi connectivity index (χ4v) is 1.15. The van der Waals surface area contributed by atoms with Crippen molar-refractivity contribution in [3.8, 4) is 0 Å². The van der Waals surface area contributed by atoms with Gasteiger partial charge in [-0.2, -0.15) is 0 Å². The van der Waals surface area contributed by atoms with Gasteiger partial charge in [-0.15, -0.1) is 0 Å². The molecule has 0 aliphatic rings. The molecule has 0 unspecified atom stereocenters. The molecule has 0 spiro atoms. The van der Waals surface area contributed by atoms with Crippen LogP contribution >= 0.6 is 0 Å². The van der Waals surface area contributed by atoms with Gasteiger partial charge in [0.25, 0.3) is 0 Å². The van der Waals surface area contributed by atoms with E-state index in [1.807, 2.05) is 13.0 Å². The van der Waals surface area contributed by atoms with Crippen LogP contribution in [0.3, 0.4) is 0 Å². The standard InChI is InChI=1S/C12H17N/c1-4-5-8-13-12-7-6-10(2)11(3)9-12/h4-7,9,13H,8H2,1-3H3/b5-4+. The molecule has 0 bridgehead atoms. The first-order chi connectivity index (χ1) is 6.24. The van der Waals surface area contributed by atoms with Gasteiger partial charge in [0.2, 0.25) is 0 Å². The summed E-state index contributed by atoms with van der Waals surface area (Å²) in [7, 11) is 0. The fraction of sp³-hybridized carbons (Fsp3) is 0.333. The molecule has 1 N–H and O–H groups in total. The van der Waals surface area contributed by atoms with Crippen molar-refractivity contribution in [2.45, 2.75) is 20.8 Å². The molecule has 0 amide bonds. The molecule has 0 fully saturated rings. The smallest absolute Gasteiger partial charge is 0.0345 e. The van der Waals surface area contributed by atoms with Gasteiger partial charge in [-0.05, 0) is 44.0 Å². The lowest BCUT2D eigenvalue weighted by Crippen LogP contribution is -1.98. The molecule has 0 saturated carbocycles. The van der Waals surface area contributed by atoms with Crippen LogP contribution in [0.15, 0.2) is 30.4 Å². The summed E-state index contributed by atoms with van der Waals surface area (Å²) < 4.78 is 0. The van der Waals surface area contributed by atoms with E-state index in [-0.39, 0.29) is 0 Å². The highest BCUT2D eigenvalue weighted by atomic mass is 14.8. The maximum absolute atomic E-state index is 3.33. The second-order valence-corrected chi connectivity index (χ2v) is 3.25. The SMILES string of the molecule is C/C=C/CNc1ccc(C)c(C)c1. The minimum atomic E-state index is 0.902. The number of nitrogens with one attached hydrogen (secondary N) is 1. The van der Waals surface area contributed by atoms with Crippen molar-refractivity contribution in [1.82, 2.24) is 0 Å². The summed E-state index contributed by atoms with van der Waals surface area (Å²) in [6.07, 6.45) is 4.16. The number of rotatable bonds is 3. The zero-order valence-corrected chi connectivity index (χ0v) is 8.59. The average Bonchev–Trinajstić information content (AvgIpc) is 2.12. The average molecular weight is 175 g/mol. The summed E-state index contributed by atoms with van der Waals surface area (Å²) in [6, 6.07) is 6.44. The van der Waals surface area contributed by atoms with Crippen LogP contribution in [0.2, 0.25) is 0 Å². The van der Waals surface area contributed by atoms with E-state index in [1.54, 1.807) is 0 Å². The highest BCUT2D eigenvalue weighted by Crippen LogP contribution is 2.13. The number of allylic oxidation sites excluding steroid dienone is 1. The van der Waals surface area contributed by atoms with Crippen molar-refractivity contribution in [3.05, 3.63) is 41.5 Å². The molecule has 0 aromatic heterocycles. The third kappa shape index (κ3) is 2.94. The van der Waals surface area contributed by atoms with Crippen molar-refractivity contribution >= 4 is 5.69 Å². The van der Waals surface area contributed by atoms with Gasteiger partial charge in [0, 0.05) is 12.2 Å². The quantitative estimate of drug-likeness (QED) is 0.695. The molecule has 0 atom stereocenters. The summed E-state index contributed by atoms with van der Waals surface area (Å²) >= 11 is 0. The lowest BCUT2D eigenvalue weighted by atomic mass is 10.1. The Morgan fingerprint density at radius 2 is 2.00 bits per heavy atom. The Kier molecular flexibility index (Phi) is 3.56. The Bertz CT molecular complexity index is 300. The van der Waals surface area contributed by atoms with Crippen molar-refractivity contribution in [2.75, 3.05) is 11.9 Å².